The molecule has 0 heterocycles. The fourth-order valence-electron chi connectivity index (χ4n) is 9.00. The van der Waals surface area contributed by atoms with Crippen LogP contribution in [0.3, 0.4) is 0 Å². The van der Waals surface area contributed by atoms with Gasteiger partial charge in [0.1, 0.15) is 0 Å². The third kappa shape index (κ3) is 6.21. The van der Waals surface area contributed by atoms with Crippen molar-refractivity contribution in [3.63, 3.8) is 0 Å². The maximum atomic E-state index is 2.43. The van der Waals surface area contributed by atoms with Crippen molar-refractivity contribution in [1.29, 1.82) is 0 Å². The summed E-state index contributed by atoms with van der Waals surface area (Å²) in [5.41, 5.74) is 12.9. The van der Waals surface area contributed by atoms with Gasteiger partial charge in [-0.05, 0) is 130 Å². The predicted molar refractivity (Wildman–Crippen MR) is 253 cm³/mol. The zero-order chi connectivity index (χ0) is 39.1. The average molecular weight is 750 g/mol. The first-order valence-corrected chi connectivity index (χ1v) is 20.3. The third-order valence-electron chi connectivity index (χ3n) is 11.8. The lowest BCUT2D eigenvalue weighted by atomic mass is 9.85. The van der Waals surface area contributed by atoms with Crippen LogP contribution < -0.4 is 4.90 Å². The zero-order valence-electron chi connectivity index (χ0n) is 32.5. The van der Waals surface area contributed by atoms with Crippen molar-refractivity contribution in [2.75, 3.05) is 4.90 Å². The second-order valence-corrected chi connectivity index (χ2v) is 15.3. The average Bonchev–Trinajstić information content (AvgIpc) is 3.32. The number of rotatable bonds is 7. The van der Waals surface area contributed by atoms with Crippen LogP contribution >= 0.6 is 0 Å². The SMILES string of the molecule is c1ccc(-c2ccc(N(c3ccc(-c4ccccc4-c4cc5c6ccccc6ccc5c5ccccc45)c(-c4ccccc4)c3)c3ccc4ccccc4c3)cc2)cc1. The first-order valence-electron chi connectivity index (χ1n) is 20.3. The smallest absolute Gasteiger partial charge is 0.0468 e. The Labute approximate surface area is 344 Å². The largest absolute Gasteiger partial charge is 0.310 e. The van der Waals surface area contributed by atoms with Crippen LogP contribution in [0.25, 0.3) is 87.6 Å². The number of hydrogen-bond donors (Lipinski definition) is 0. The van der Waals surface area contributed by atoms with Crippen molar-refractivity contribution >= 4 is 60.2 Å². The predicted octanol–water partition coefficient (Wildman–Crippen LogP) is 16.4. The zero-order valence-corrected chi connectivity index (χ0v) is 32.5. The van der Waals surface area contributed by atoms with Crippen LogP contribution in [0.1, 0.15) is 0 Å². The molecule has 1 heteroatoms. The van der Waals surface area contributed by atoms with Crippen LogP contribution in [0, 0.1) is 0 Å². The minimum absolute atomic E-state index is 1.09. The van der Waals surface area contributed by atoms with Gasteiger partial charge in [0.25, 0.3) is 0 Å². The van der Waals surface area contributed by atoms with Crippen molar-refractivity contribution in [2.45, 2.75) is 0 Å². The number of fused-ring (bicyclic) bond motifs is 6. The van der Waals surface area contributed by atoms with E-state index in [1.54, 1.807) is 0 Å². The van der Waals surface area contributed by atoms with E-state index in [4.69, 9.17) is 0 Å². The van der Waals surface area contributed by atoms with Crippen LogP contribution in [0.2, 0.25) is 0 Å². The van der Waals surface area contributed by atoms with Gasteiger partial charge in [0.15, 0.2) is 0 Å². The molecule has 1 nitrogen and oxygen atoms in total. The van der Waals surface area contributed by atoms with Gasteiger partial charge in [0.05, 0.1) is 0 Å². The number of nitrogens with zero attached hydrogens (tertiary/aromatic N) is 1. The lowest BCUT2D eigenvalue weighted by Crippen LogP contribution is -2.10. The van der Waals surface area contributed by atoms with E-state index in [9.17, 15) is 0 Å². The Morgan fingerprint density at radius 1 is 0.203 bits per heavy atom. The van der Waals surface area contributed by atoms with E-state index in [2.05, 4.69) is 241 Å². The summed E-state index contributed by atoms with van der Waals surface area (Å²) in [4.78, 5) is 2.39. The molecule has 0 bridgehead atoms. The maximum absolute atomic E-state index is 2.43. The summed E-state index contributed by atoms with van der Waals surface area (Å²) in [7, 11) is 0. The molecule has 0 atom stereocenters. The molecule has 59 heavy (non-hydrogen) atoms. The quantitative estimate of drug-likeness (QED) is 0.147. The lowest BCUT2D eigenvalue weighted by Gasteiger charge is -2.27. The van der Waals surface area contributed by atoms with Crippen molar-refractivity contribution in [2.24, 2.45) is 0 Å². The molecule has 11 aromatic rings. The van der Waals surface area contributed by atoms with Crippen molar-refractivity contribution in [3.8, 4) is 44.5 Å². The molecule has 0 saturated carbocycles. The topological polar surface area (TPSA) is 3.24 Å². The molecule has 0 aliphatic rings. The molecule has 276 valence electrons. The molecular formula is C58H39N. The summed E-state index contributed by atoms with van der Waals surface area (Å²) >= 11 is 0. The van der Waals surface area contributed by atoms with Gasteiger partial charge in [-0.15, -0.1) is 0 Å². The van der Waals surface area contributed by atoms with Crippen molar-refractivity contribution in [1.82, 2.24) is 0 Å². The molecule has 0 aliphatic heterocycles. The monoisotopic (exact) mass is 749 g/mol. The molecule has 0 aromatic heterocycles. The Balaban J connectivity index is 1.13. The molecule has 0 saturated heterocycles. The molecule has 11 aromatic carbocycles. The molecular weight excluding hydrogens is 711 g/mol. The molecule has 0 spiro atoms. The van der Waals surface area contributed by atoms with Gasteiger partial charge in [-0.1, -0.05) is 194 Å². The fourth-order valence-corrected chi connectivity index (χ4v) is 9.00. The van der Waals surface area contributed by atoms with Crippen molar-refractivity contribution in [3.05, 3.63) is 237 Å². The molecule has 11 rings (SSSR count). The van der Waals surface area contributed by atoms with Gasteiger partial charge in [-0.25, -0.2) is 0 Å². The van der Waals surface area contributed by atoms with E-state index in [1.807, 2.05) is 0 Å². The summed E-state index contributed by atoms with van der Waals surface area (Å²) in [5, 5.41) is 10.0. The Bertz CT molecular complexity index is 3310. The molecule has 0 N–H and O–H groups in total. The highest BCUT2D eigenvalue weighted by molar-refractivity contribution is 6.21. The molecule has 0 unspecified atom stereocenters. The van der Waals surface area contributed by atoms with Gasteiger partial charge in [0, 0.05) is 17.1 Å². The van der Waals surface area contributed by atoms with E-state index < -0.39 is 0 Å². The standard InChI is InChI=1S/C58H39N/c1-3-15-40(16-4-1)42-27-31-46(32-28-42)59(47-33-29-41-17-7-8-21-45(41)37-47)48-34-36-54(56(38-48)43-18-5-2-6-19-43)50-23-11-13-25-52(50)58-39-57-49-22-10-9-20-44(49)30-35-55(57)51-24-12-14-26-53(51)58/h1-39H. The second kappa shape index (κ2) is 14.6. The molecule has 0 amide bonds. The van der Waals surface area contributed by atoms with E-state index in [1.165, 1.54) is 87.6 Å². The number of anilines is 3. The molecule has 0 aliphatic carbocycles. The van der Waals surface area contributed by atoms with Crippen LogP contribution in [-0.2, 0) is 0 Å². The normalized spacial score (nSPS) is 11.4. The Morgan fingerprint density at radius 2 is 0.695 bits per heavy atom. The van der Waals surface area contributed by atoms with E-state index in [-0.39, 0.29) is 0 Å². The van der Waals surface area contributed by atoms with Gasteiger partial charge in [-0.2, -0.15) is 0 Å². The highest BCUT2D eigenvalue weighted by Crippen LogP contribution is 2.46. The van der Waals surface area contributed by atoms with Crippen LogP contribution in [-0.4, -0.2) is 0 Å². The summed E-state index contributed by atoms with van der Waals surface area (Å²) in [6.45, 7) is 0. The summed E-state index contributed by atoms with van der Waals surface area (Å²) in [6.07, 6.45) is 0. The van der Waals surface area contributed by atoms with Crippen LogP contribution in [0.4, 0.5) is 17.1 Å². The van der Waals surface area contributed by atoms with Gasteiger partial charge in [0.2, 0.25) is 0 Å². The van der Waals surface area contributed by atoms with Gasteiger partial charge in [-0.3, -0.25) is 0 Å². The minimum Gasteiger partial charge on any atom is -0.310 e. The van der Waals surface area contributed by atoms with Gasteiger partial charge >= 0.3 is 0 Å². The maximum Gasteiger partial charge on any atom is 0.0468 e. The molecule has 0 fully saturated rings. The Morgan fingerprint density at radius 3 is 1.46 bits per heavy atom. The van der Waals surface area contributed by atoms with Crippen molar-refractivity contribution < 1.29 is 0 Å². The molecule has 0 radical (unpaired) electrons. The van der Waals surface area contributed by atoms with E-state index in [0.29, 0.717) is 0 Å². The summed E-state index contributed by atoms with van der Waals surface area (Å²) in [5.74, 6) is 0. The summed E-state index contributed by atoms with van der Waals surface area (Å²) < 4.78 is 0. The van der Waals surface area contributed by atoms with E-state index >= 15 is 0 Å². The summed E-state index contributed by atoms with van der Waals surface area (Å²) in [6, 6.07) is 86.4. The Hall–Kier alpha value is -7.74. The number of benzene rings is 11. The van der Waals surface area contributed by atoms with E-state index in [0.717, 1.165) is 17.1 Å². The Kier molecular flexibility index (Phi) is 8.56. The number of hydrogen-bond acceptors (Lipinski definition) is 1. The first-order chi connectivity index (χ1) is 29.3. The highest BCUT2D eigenvalue weighted by atomic mass is 15.1. The highest BCUT2D eigenvalue weighted by Gasteiger charge is 2.20. The second-order valence-electron chi connectivity index (χ2n) is 15.3. The minimum atomic E-state index is 1.09. The van der Waals surface area contributed by atoms with Gasteiger partial charge < -0.3 is 4.90 Å². The third-order valence-corrected chi connectivity index (χ3v) is 11.8. The fraction of sp³-hybridized carbons (Fsp3) is 0. The first kappa shape index (κ1) is 34.5. The van der Waals surface area contributed by atoms with Crippen LogP contribution in [0.5, 0.6) is 0 Å². The lowest BCUT2D eigenvalue weighted by molar-refractivity contribution is 1.29. The van der Waals surface area contributed by atoms with Crippen LogP contribution in [0.15, 0.2) is 237 Å².